The van der Waals surface area contributed by atoms with Gasteiger partial charge in [-0.15, -0.1) is 0 Å². The van der Waals surface area contributed by atoms with Crippen LogP contribution in [0.5, 0.6) is 0 Å². The summed E-state index contributed by atoms with van der Waals surface area (Å²) in [5, 5.41) is 10.4. The number of nitrogens with one attached hydrogen (secondary N) is 2. The fourth-order valence-corrected chi connectivity index (χ4v) is 2.33. The Morgan fingerprint density at radius 1 is 1.29 bits per heavy atom. The number of aromatic nitrogens is 2. The van der Waals surface area contributed by atoms with Crippen molar-refractivity contribution in [2.75, 3.05) is 11.9 Å². The van der Waals surface area contributed by atoms with Crippen LogP contribution in [0.2, 0.25) is 0 Å². The van der Waals surface area contributed by atoms with Gasteiger partial charge in [0.15, 0.2) is 0 Å². The van der Waals surface area contributed by atoms with E-state index >= 15 is 0 Å². The molecule has 7 nitrogen and oxygen atoms in total. The van der Waals surface area contributed by atoms with Gasteiger partial charge in [-0.05, 0) is 18.2 Å². The summed E-state index contributed by atoms with van der Waals surface area (Å²) in [5.41, 5.74) is 1.55. The van der Waals surface area contributed by atoms with Gasteiger partial charge in [0.05, 0.1) is 11.7 Å². The lowest BCUT2D eigenvalue weighted by molar-refractivity contribution is -0.138. The number of hydrogen-bond donors (Lipinski definition) is 2. The number of H-pyrrole nitrogens is 1. The van der Waals surface area contributed by atoms with Crippen LogP contribution in [0, 0.1) is 0 Å². The van der Waals surface area contributed by atoms with Gasteiger partial charge in [0.1, 0.15) is 0 Å². The summed E-state index contributed by atoms with van der Waals surface area (Å²) in [6.07, 6.45) is 2.27. The summed E-state index contributed by atoms with van der Waals surface area (Å²) in [7, 11) is 0. The second-order valence-corrected chi connectivity index (χ2v) is 4.91. The number of aromatic amines is 1. The van der Waals surface area contributed by atoms with Gasteiger partial charge in [-0.3, -0.25) is 24.4 Å². The summed E-state index contributed by atoms with van der Waals surface area (Å²) in [6, 6.07) is 5.40. The first-order chi connectivity index (χ1) is 10.1. The molecule has 21 heavy (non-hydrogen) atoms. The summed E-state index contributed by atoms with van der Waals surface area (Å²) < 4.78 is 0. The molecule has 0 aliphatic carbocycles. The molecule has 0 radical (unpaired) electrons. The monoisotopic (exact) mass is 286 g/mol. The molecule has 0 spiro atoms. The Bertz CT molecular complexity index is 706. The Morgan fingerprint density at radius 2 is 2.05 bits per heavy atom. The Hall–Kier alpha value is -2.70. The van der Waals surface area contributed by atoms with E-state index in [0.717, 1.165) is 15.8 Å². The number of fused-ring (bicyclic) bond motifs is 1. The highest BCUT2D eigenvalue weighted by Crippen LogP contribution is 2.17. The fraction of sp³-hybridized carbons (Fsp3) is 0.286. The van der Waals surface area contributed by atoms with Crippen LogP contribution in [0.4, 0.5) is 5.69 Å². The van der Waals surface area contributed by atoms with Crippen LogP contribution in [0.1, 0.15) is 19.3 Å². The Balaban J connectivity index is 1.58. The van der Waals surface area contributed by atoms with E-state index < -0.39 is 0 Å². The Labute approximate surface area is 120 Å². The SMILES string of the molecule is O=C(CCN1C(=O)CCC1=O)Nc1ccc2[nH]ncc2c1. The molecule has 0 atom stereocenters. The Kier molecular flexibility index (Phi) is 3.39. The first kappa shape index (κ1) is 13.3. The number of imide groups is 1. The van der Waals surface area contributed by atoms with Crippen molar-refractivity contribution in [3.63, 3.8) is 0 Å². The van der Waals surface area contributed by atoms with E-state index in [9.17, 15) is 14.4 Å². The zero-order chi connectivity index (χ0) is 14.8. The predicted molar refractivity (Wildman–Crippen MR) is 75.3 cm³/mol. The summed E-state index contributed by atoms with van der Waals surface area (Å²) in [4.78, 5) is 35.9. The normalized spacial score (nSPS) is 15.0. The van der Waals surface area contributed by atoms with Gasteiger partial charge in [0.2, 0.25) is 17.7 Å². The average Bonchev–Trinajstić information content (AvgIpc) is 3.04. The zero-order valence-corrected chi connectivity index (χ0v) is 11.3. The van der Waals surface area contributed by atoms with E-state index in [1.54, 1.807) is 12.3 Å². The number of rotatable bonds is 4. The third-order valence-corrected chi connectivity index (χ3v) is 3.44. The van der Waals surface area contributed by atoms with Crippen molar-refractivity contribution in [3.05, 3.63) is 24.4 Å². The second-order valence-electron chi connectivity index (χ2n) is 4.91. The van der Waals surface area contributed by atoms with Crippen molar-refractivity contribution in [1.82, 2.24) is 15.1 Å². The summed E-state index contributed by atoms with van der Waals surface area (Å²) >= 11 is 0. The fourth-order valence-electron chi connectivity index (χ4n) is 2.33. The van der Waals surface area contributed by atoms with Crippen LogP contribution < -0.4 is 5.32 Å². The summed E-state index contributed by atoms with van der Waals surface area (Å²) in [5.74, 6) is -0.634. The van der Waals surface area contributed by atoms with Gasteiger partial charge in [0, 0.05) is 36.9 Å². The van der Waals surface area contributed by atoms with Crippen molar-refractivity contribution in [2.24, 2.45) is 0 Å². The minimum atomic E-state index is -0.231. The number of benzene rings is 1. The van der Waals surface area contributed by atoms with E-state index in [-0.39, 0.29) is 43.5 Å². The number of likely N-dealkylation sites (tertiary alicyclic amines) is 1. The third kappa shape index (κ3) is 2.76. The first-order valence-corrected chi connectivity index (χ1v) is 6.69. The van der Waals surface area contributed by atoms with Crippen LogP contribution in [0.3, 0.4) is 0 Å². The number of carbonyl (C=O) groups is 3. The van der Waals surface area contributed by atoms with Gasteiger partial charge < -0.3 is 5.32 Å². The molecule has 3 amide bonds. The van der Waals surface area contributed by atoms with Crippen LogP contribution >= 0.6 is 0 Å². The molecule has 1 aromatic carbocycles. The van der Waals surface area contributed by atoms with Gasteiger partial charge >= 0.3 is 0 Å². The molecule has 1 aromatic heterocycles. The molecule has 108 valence electrons. The quantitative estimate of drug-likeness (QED) is 0.821. The molecule has 1 aliphatic rings. The van der Waals surface area contributed by atoms with Crippen LogP contribution in [-0.4, -0.2) is 39.4 Å². The average molecular weight is 286 g/mol. The zero-order valence-electron chi connectivity index (χ0n) is 11.3. The molecule has 1 fully saturated rings. The maximum atomic E-state index is 11.9. The Morgan fingerprint density at radius 3 is 2.81 bits per heavy atom. The molecule has 0 bridgehead atoms. The molecule has 1 aliphatic heterocycles. The van der Waals surface area contributed by atoms with Gasteiger partial charge in [-0.1, -0.05) is 0 Å². The van der Waals surface area contributed by atoms with Gasteiger partial charge in [0.25, 0.3) is 0 Å². The van der Waals surface area contributed by atoms with Gasteiger partial charge in [-0.25, -0.2) is 0 Å². The van der Waals surface area contributed by atoms with Gasteiger partial charge in [-0.2, -0.15) is 5.10 Å². The highest BCUT2D eigenvalue weighted by Gasteiger charge is 2.28. The molecule has 3 rings (SSSR count). The molecule has 1 saturated heterocycles. The number of amides is 3. The van der Waals surface area contributed by atoms with E-state index in [4.69, 9.17) is 0 Å². The van der Waals surface area contributed by atoms with Crippen LogP contribution in [-0.2, 0) is 14.4 Å². The van der Waals surface area contributed by atoms with Crippen molar-refractivity contribution in [3.8, 4) is 0 Å². The second kappa shape index (κ2) is 5.35. The number of anilines is 1. The highest BCUT2D eigenvalue weighted by atomic mass is 16.2. The molecule has 0 unspecified atom stereocenters. The molecule has 2 heterocycles. The van der Waals surface area contributed by atoms with E-state index in [1.165, 1.54) is 0 Å². The van der Waals surface area contributed by atoms with Crippen molar-refractivity contribution in [1.29, 1.82) is 0 Å². The predicted octanol–water partition coefficient (Wildman–Crippen LogP) is 1.04. The smallest absolute Gasteiger partial charge is 0.229 e. The lowest BCUT2D eigenvalue weighted by atomic mass is 10.2. The number of nitrogens with zero attached hydrogens (tertiary/aromatic N) is 2. The summed E-state index contributed by atoms with van der Waals surface area (Å²) in [6.45, 7) is 0.136. The van der Waals surface area contributed by atoms with Crippen molar-refractivity contribution < 1.29 is 14.4 Å². The standard InChI is InChI=1S/C14H14N4O3/c19-12(5-6-18-13(20)3-4-14(18)21)16-10-1-2-11-9(7-10)8-15-17-11/h1-2,7-8H,3-6H2,(H,15,17)(H,16,19). The maximum Gasteiger partial charge on any atom is 0.229 e. The van der Waals surface area contributed by atoms with E-state index in [1.807, 2.05) is 12.1 Å². The van der Waals surface area contributed by atoms with E-state index in [0.29, 0.717) is 5.69 Å². The van der Waals surface area contributed by atoms with E-state index in [2.05, 4.69) is 15.5 Å². The molecular formula is C14H14N4O3. The molecule has 7 heteroatoms. The van der Waals surface area contributed by atoms with Crippen molar-refractivity contribution >= 4 is 34.3 Å². The minimum absolute atomic E-state index is 0.0981. The topological polar surface area (TPSA) is 95.2 Å². The maximum absolute atomic E-state index is 11.9. The highest BCUT2D eigenvalue weighted by molar-refractivity contribution is 6.02. The number of carbonyl (C=O) groups excluding carboxylic acids is 3. The molecule has 2 aromatic rings. The lowest BCUT2D eigenvalue weighted by Gasteiger charge is -2.13. The van der Waals surface area contributed by atoms with Crippen molar-refractivity contribution in [2.45, 2.75) is 19.3 Å². The lowest BCUT2D eigenvalue weighted by Crippen LogP contribution is -2.32. The van der Waals surface area contributed by atoms with Crippen LogP contribution in [0.25, 0.3) is 10.9 Å². The first-order valence-electron chi connectivity index (χ1n) is 6.69. The minimum Gasteiger partial charge on any atom is -0.326 e. The van der Waals surface area contributed by atoms with Crippen LogP contribution in [0.15, 0.2) is 24.4 Å². The third-order valence-electron chi connectivity index (χ3n) is 3.44. The molecular weight excluding hydrogens is 272 g/mol. The largest absolute Gasteiger partial charge is 0.326 e. The molecule has 2 N–H and O–H groups in total. The molecule has 0 saturated carbocycles. The number of hydrogen-bond acceptors (Lipinski definition) is 4.